The van der Waals surface area contributed by atoms with Crippen LogP contribution in [-0.2, 0) is 16.1 Å². The Bertz CT molecular complexity index is 425. The largest absolute Gasteiger partial charge is 0.379 e. The maximum Gasteiger partial charge on any atom is 0.227 e. The molecule has 2 rings (SSSR count). The lowest BCUT2D eigenvalue weighted by Crippen LogP contribution is -2.42. The van der Waals surface area contributed by atoms with Crippen molar-refractivity contribution in [1.82, 2.24) is 10.6 Å². The lowest BCUT2D eigenvalue weighted by Gasteiger charge is -2.16. The highest BCUT2D eigenvalue weighted by Crippen LogP contribution is 2.17. The third-order valence-electron chi connectivity index (χ3n) is 3.20. The molecule has 0 aliphatic carbocycles. The van der Waals surface area contributed by atoms with E-state index in [9.17, 15) is 4.79 Å². The number of halogens is 1. The van der Waals surface area contributed by atoms with Crippen LogP contribution in [0.15, 0.2) is 28.7 Å². The first-order valence-corrected chi connectivity index (χ1v) is 6.78. The summed E-state index contributed by atoms with van der Waals surface area (Å²) in [6.45, 7) is 1.63. The molecule has 1 aromatic carbocycles. The predicted octanol–water partition coefficient (Wildman–Crippen LogP) is 1.30. The number of hydrogen-bond acceptors (Lipinski definition) is 3. The third kappa shape index (κ3) is 3.10. The molecule has 0 bridgehead atoms. The molecule has 2 atom stereocenters. The molecule has 2 N–H and O–H groups in total. The topological polar surface area (TPSA) is 50.4 Å². The fraction of sp³-hybridized carbons (Fsp3) is 0.462. The molecule has 1 aliphatic heterocycles. The van der Waals surface area contributed by atoms with E-state index in [0.717, 1.165) is 10.0 Å². The zero-order valence-electron chi connectivity index (χ0n) is 10.3. The summed E-state index contributed by atoms with van der Waals surface area (Å²) in [5.74, 6) is -0.0555. The van der Waals surface area contributed by atoms with Crippen molar-refractivity contribution < 1.29 is 9.53 Å². The highest BCUT2D eigenvalue weighted by Gasteiger charge is 2.32. The Balaban J connectivity index is 1.90. The van der Waals surface area contributed by atoms with Gasteiger partial charge in [-0.3, -0.25) is 4.79 Å². The van der Waals surface area contributed by atoms with Gasteiger partial charge < -0.3 is 15.4 Å². The first kappa shape index (κ1) is 13.5. The van der Waals surface area contributed by atoms with Gasteiger partial charge in [0.1, 0.15) is 0 Å². The van der Waals surface area contributed by atoms with Crippen molar-refractivity contribution in [2.75, 3.05) is 20.3 Å². The highest BCUT2D eigenvalue weighted by molar-refractivity contribution is 9.10. The Hall–Kier alpha value is -0.910. The van der Waals surface area contributed by atoms with E-state index in [1.54, 1.807) is 0 Å². The molecule has 18 heavy (non-hydrogen) atoms. The van der Waals surface area contributed by atoms with E-state index < -0.39 is 0 Å². The second-order valence-electron chi connectivity index (χ2n) is 4.35. The summed E-state index contributed by atoms with van der Waals surface area (Å²) in [4.78, 5) is 12.1. The Kier molecular flexibility index (Phi) is 4.74. The summed E-state index contributed by atoms with van der Waals surface area (Å²) in [6.07, 6.45) is 0. The van der Waals surface area contributed by atoms with Gasteiger partial charge in [-0.15, -0.1) is 0 Å². The molecule has 98 valence electrons. The number of benzene rings is 1. The minimum atomic E-state index is -0.0995. The van der Waals surface area contributed by atoms with Crippen molar-refractivity contribution in [2.24, 2.45) is 5.92 Å². The molecule has 0 radical (unpaired) electrons. The van der Waals surface area contributed by atoms with E-state index >= 15 is 0 Å². The molecule has 4 nitrogen and oxygen atoms in total. The Morgan fingerprint density at radius 3 is 2.94 bits per heavy atom. The van der Waals surface area contributed by atoms with E-state index in [2.05, 4.69) is 26.6 Å². The Labute approximate surface area is 115 Å². The molecule has 0 spiro atoms. The van der Waals surface area contributed by atoms with Crippen LogP contribution in [0.3, 0.4) is 0 Å². The van der Waals surface area contributed by atoms with Gasteiger partial charge in [0, 0.05) is 17.1 Å². The maximum absolute atomic E-state index is 12.1. The minimum absolute atomic E-state index is 0.0441. The van der Waals surface area contributed by atoms with Crippen LogP contribution in [0.1, 0.15) is 5.56 Å². The molecule has 1 aliphatic rings. The Morgan fingerprint density at radius 1 is 1.44 bits per heavy atom. The van der Waals surface area contributed by atoms with Crippen LogP contribution in [0.2, 0.25) is 0 Å². The van der Waals surface area contributed by atoms with Gasteiger partial charge in [-0.1, -0.05) is 34.1 Å². The van der Waals surface area contributed by atoms with Crippen LogP contribution in [0, 0.1) is 5.92 Å². The van der Waals surface area contributed by atoms with Gasteiger partial charge in [0.15, 0.2) is 0 Å². The van der Waals surface area contributed by atoms with Crippen LogP contribution >= 0.6 is 15.9 Å². The number of carbonyl (C=O) groups excluding carboxylic acids is 1. The van der Waals surface area contributed by atoms with Gasteiger partial charge in [0.05, 0.1) is 19.1 Å². The number of nitrogens with one attached hydrogen (secondary N) is 2. The van der Waals surface area contributed by atoms with E-state index in [1.165, 1.54) is 0 Å². The zero-order valence-corrected chi connectivity index (χ0v) is 11.9. The standard InChI is InChI=1S/C13H17BrN2O2/c1-15-12-8-18-7-10(12)13(17)16-6-9-4-2-3-5-11(9)14/h2-5,10,12,15H,6-8H2,1H3,(H,16,17). The van der Waals surface area contributed by atoms with Crippen molar-refractivity contribution >= 4 is 21.8 Å². The number of carbonyl (C=O) groups is 1. The zero-order chi connectivity index (χ0) is 13.0. The SMILES string of the molecule is CNC1COCC1C(=O)NCc1ccccc1Br. The van der Waals surface area contributed by atoms with Crippen LogP contribution < -0.4 is 10.6 Å². The molecular weight excluding hydrogens is 296 g/mol. The summed E-state index contributed by atoms with van der Waals surface area (Å²) in [5, 5.41) is 6.07. The molecular formula is C13H17BrN2O2. The first-order chi connectivity index (χ1) is 8.72. The smallest absolute Gasteiger partial charge is 0.227 e. The molecule has 1 amide bonds. The van der Waals surface area contributed by atoms with Crippen molar-refractivity contribution in [2.45, 2.75) is 12.6 Å². The summed E-state index contributed by atoms with van der Waals surface area (Å²) >= 11 is 3.47. The van der Waals surface area contributed by atoms with Crippen molar-refractivity contribution in [1.29, 1.82) is 0 Å². The third-order valence-corrected chi connectivity index (χ3v) is 3.97. The average molecular weight is 313 g/mol. The van der Waals surface area contributed by atoms with Gasteiger partial charge in [-0.05, 0) is 18.7 Å². The van der Waals surface area contributed by atoms with Crippen molar-refractivity contribution in [3.05, 3.63) is 34.3 Å². The number of likely N-dealkylation sites (N-methyl/N-ethyl adjacent to an activating group) is 1. The molecule has 1 heterocycles. The molecule has 1 saturated heterocycles. The number of hydrogen-bond donors (Lipinski definition) is 2. The van der Waals surface area contributed by atoms with E-state index in [0.29, 0.717) is 19.8 Å². The lowest BCUT2D eigenvalue weighted by molar-refractivity contribution is -0.125. The van der Waals surface area contributed by atoms with Crippen LogP contribution in [0.25, 0.3) is 0 Å². The second-order valence-corrected chi connectivity index (χ2v) is 5.20. The first-order valence-electron chi connectivity index (χ1n) is 5.98. The van der Waals surface area contributed by atoms with Crippen LogP contribution in [-0.4, -0.2) is 32.2 Å². The lowest BCUT2D eigenvalue weighted by atomic mass is 10.0. The molecule has 2 unspecified atom stereocenters. The minimum Gasteiger partial charge on any atom is -0.379 e. The fourth-order valence-corrected chi connectivity index (χ4v) is 2.48. The maximum atomic E-state index is 12.1. The van der Waals surface area contributed by atoms with Gasteiger partial charge in [-0.25, -0.2) is 0 Å². The van der Waals surface area contributed by atoms with Crippen LogP contribution in [0.4, 0.5) is 0 Å². The molecule has 0 aromatic heterocycles. The fourth-order valence-electron chi connectivity index (χ4n) is 2.05. The predicted molar refractivity (Wildman–Crippen MR) is 73.1 cm³/mol. The molecule has 5 heteroatoms. The summed E-state index contributed by atoms with van der Waals surface area (Å²) < 4.78 is 6.34. The van der Waals surface area contributed by atoms with Crippen LogP contribution in [0.5, 0.6) is 0 Å². The van der Waals surface area contributed by atoms with Gasteiger partial charge >= 0.3 is 0 Å². The summed E-state index contributed by atoms with van der Waals surface area (Å²) in [6, 6.07) is 7.99. The van der Waals surface area contributed by atoms with Gasteiger partial charge in [0.2, 0.25) is 5.91 Å². The molecule has 0 saturated carbocycles. The quantitative estimate of drug-likeness (QED) is 0.881. The highest BCUT2D eigenvalue weighted by atomic mass is 79.9. The van der Waals surface area contributed by atoms with E-state index in [4.69, 9.17) is 4.74 Å². The molecule has 1 aromatic rings. The van der Waals surface area contributed by atoms with Gasteiger partial charge in [-0.2, -0.15) is 0 Å². The molecule has 1 fully saturated rings. The summed E-state index contributed by atoms with van der Waals surface area (Å²) in [7, 11) is 1.85. The average Bonchev–Trinajstić information content (AvgIpc) is 2.86. The van der Waals surface area contributed by atoms with Gasteiger partial charge in [0.25, 0.3) is 0 Å². The number of amides is 1. The second kappa shape index (κ2) is 6.31. The Morgan fingerprint density at radius 2 is 2.22 bits per heavy atom. The summed E-state index contributed by atoms with van der Waals surface area (Å²) in [5.41, 5.74) is 1.07. The number of ether oxygens (including phenoxy) is 1. The van der Waals surface area contributed by atoms with Crippen molar-refractivity contribution in [3.8, 4) is 0 Å². The van der Waals surface area contributed by atoms with Crippen molar-refractivity contribution in [3.63, 3.8) is 0 Å². The van der Waals surface area contributed by atoms with E-state index in [1.807, 2.05) is 31.3 Å². The van der Waals surface area contributed by atoms with E-state index in [-0.39, 0.29) is 17.9 Å². The monoisotopic (exact) mass is 312 g/mol. The normalized spacial score (nSPS) is 23.0. The number of rotatable bonds is 4.